The molecule has 22 heavy (non-hydrogen) atoms. The first-order valence-electron chi connectivity index (χ1n) is 8.03. The molecule has 0 aliphatic heterocycles. The van der Waals surface area contributed by atoms with Crippen molar-refractivity contribution in [1.29, 1.82) is 0 Å². The number of hydrogen-bond acceptors (Lipinski definition) is 6. The number of hydrogen-bond donors (Lipinski definition) is 4. The number of rotatable bonds is 10. The van der Waals surface area contributed by atoms with Gasteiger partial charge in [0.1, 0.15) is 0 Å². The topological polar surface area (TPSA) is 105 Å². The van der Waals surface area contributed by atoms with Gasteiger partial charge in [-0.25, -0.2) is 0 Å². The Bertz CT molecular complexity index is 329. The van der Waals surface area contributed by atoms with Crippen molar-refractivity contribution in [2.24, 2.45) is 11.5 Å². The number of aliphatic hydroxyl groups is 2. The van der Waals surface area contributed by atoms with Crippen LogP contribution in [0.4, 0.5) is 0 Å². The molecular formula is C15H37N3O3Si. The predicted octanol–water partition coefficient (Wildman–Crippen LogP) is 0.543. The second kappa shape index (κ2) is 8.19. The van der Waals surface area contributed by atoms with Gasteiger partial charge in [-0.2, -0.15) is 0 Å². The summed E-state index contributed by atoms with van der Waals surface area (Å²) in [5.74, 6) is 0. The van der Waals surface area contributed by atoms with Crippen LogP contribution in [0.2, 0.25) is 6.55 Å². The first-order chi connectivity index (χ1) is 9.72. The van der Waals surface area contributed by atoms with Gasteiger partial charge in [-0.15, -0.1) is 0 Å². The average Bonchev–Trinajstić information content (AvgIpc) is 2.29. The summed E-state index contributed by atoms with van der Waals surface area (Å²) in [6.45, 7) is 14.5. The van der Waals surface area contributed by atoms with Gasteiger partial charge in [0, 0.05) is 23.9 Å². The van der Waals surface area contributed by atoms with Gasteiger partial charge in [-0.05, 0) is 54.5 Å². The van der Waals surface area contributed by atoms with Crippen LogP contribution in [0.3, 0.4) is 0 Å². The zero-order valence-electron chi connectivity index (χ0n) is 15.4. The molecule has 0 fully saturated rings. The molecule has 0 heterocycles. The van der Waals surface area contributed by atoms with E-state index in [9.17, 15) is 5.11 Å². The highest BCUT2D eigenvalue weighted by molar-refractivity contribution is 6.75. The van der Waals surface area contributed by atoms with Gasteiger partial charge in [-0.1, -0.05) is 0 Å². The number of nitrogens with two attached hydrogens (primary N) is 2. The van der Waals surface area contributed by atoms with Gasteiger partial charge >= 0.3 is 0 Å². The van der Waals surface area contributed by atoms with Crippen molar-refractivity contribution in [2.75, 3.05) is 19.3 Å². The molecule has 0 bridgehead atoms. The molecule has 0 radical (unpaired) electrons. The van der Waals surface area contributed by atoms with E-state index in [0.29, 0.717) is 19.0 Å². The normalized spacial score (nSPS) is 17.9. The van der Waals surface area contributed by atoms with Gasteiger partial charge in [0.2, 0.25) is 8.32 Å². The minimum atomic E-state index is -2.36. The molecule has 0 aromatic rings. The lowest BCUT2D eigenvalue weighted by atomic mass is 10.2. The molecule has 0 aliphatic carbocycles. The lowest BCUT2D eigenvalue weighted by Crippen LogP contribution is -2.70. The molecule has 0 aliphatic rings. The molecule has 7 heteroatoms. The minimum absolute atomic E-state index is 0.213. The molecule has 0 aromatic heterocycles. The zero-order chi connectivity index (χ0) is 17.8. The second-order valence-electron chi connectivity index (χ2n) is 7.85. The van der Waals surface area contributed by atoms with Crippen molar-refractivity contribution >= 4 is 8.32 Å². The van der Waals surface area contributed by atoms with E-state index in [0.717, 1.165) is 6.17 Å². The second-order valence-corrected chi connectivity index (χ2v) is 12.1. The zero-order valence-corrected chi connectivity index (χ0v) is 16.4. The number of aliphatic hydroxyl groups excluding tert-OH is 2. The third-order valence-electron chi connectivity index (χ3n) is 4.05. The molecular weight excluding hydrogens is 298 g/mol. The Morgan fingerprint density at radius 3 is 2.00 bits per heavy atom. The van der Waals surface area contributed by atoms with Crippen LogP contribution in [-0.2, 0) is 4.43 Å². The summed E-state index contributed by atoms with van der Waals surface area (Å²) in [5.41, 5.74) is 11.8. The Labute approximate surface area is 136 Å². The smallest absolute Gasteiger partial charge is 0.224 e. The Morgan fingerprint density at radius 2 is 1.68 bits per heavy atom. The van der Waals surface area contributed by atoms with Crippen molar-refractivity contribution in [2.45, 2.75) is 77.5 Å². The Kier molecular flexibility index (Phi) is 8.18. The van der Waals surface area contributed by atoms with E-state index in [2.05, 4.69) is 25.3 Å². The SMILES string of the molecule is CC(C)N(CCC(O)CO)C[Si](C)(OC(C)(C)N)C(C)(C)N. The Hall–Kier alpha value is -0.0231. The molecule has 6 N–H and O–H groups in total. The van der Waals surface area contributed by atoms with E-state index in [1.165, 1.54) is 0 Å². The summed E-state index contributed by atoms with van der Waals surface area (Å²) in [7, 11) is -2.36. The van der Waals surface area contributed by atoms with Crippen molar-refractivity contribution in [1.82, 2.24) is 4.90 Å². The van der Waals surface area contributed by atoms with Crippen molar-refractivity contribution in [3.8, 4) is 0 Å². The summed E-state index contributed by atoms with van der Waals surface area (Å²) in [6.07, 6.45) is 0.565. The molecule has 0 spiro atoms. The fraction of sp³-hybridized carbons (Fsp3) is 1.00. The molecule has 134 valence electrons. The van der Waals surface area contributed by atoms with Crippen LogP contribution in [-0.4, -0.2) is 65.8 Å². The third-order valence-corrected chi connectivity index (χ3v) is 8.76. The van der Waals surface area contributed by atoms with Gasteiger partial charge in [0.25, 0.3) is 0 Å². The maximum absolute atomic E-state index is 9.59. The molecule has 2 unspecified atom stereocenters. The van der Waals surface area contributed by atoms with E-state index >= 15 is 0 Å². The van der Waals surface area contributed by atoms with Gasteiger partial charge in [0.05, 0.1) is 18.4 Å². The molecule has 0 rings (SSSR count). The molecule has 2 atom stereocenters. The van der Waals surface area contributed by atoms with Crippen LogP contribution in [0, 0.1) is 0 Å². The van der Waals surface area contributed by atoms with Crippen LogP contribution < -0.4 is 11.5 Å². The van der Waals surface area contributed by atoms with E-state index in [1.807, 2.05) is 27.7 Å². The summed E-state index contributed by atoms with van der Waals surface area (Å²) in [5, 5.41) is 18.1. The van der Waals surface area contributed by atoms with E-state index in [4.69, 9.17) is 21.0 Å². The van der Waals surface area contributed by atoms with Crippen molar-refractivity contribution in [3.05, 3.63) is 0 Å². The van der Waals surface area contributed by atoms with Crippen molar-refractivity contribution in [3.63, 3.8) is 0 Å². The average molecular weight is 336 g/mol. The maximum atomic E-state index is 9.59. The van der Waals surface area contributed by atoms with Crippen LogP contribution in [0.1, 0.15) is 48.0 Å². The fourth-order valence-corrected chi connectivity index (χ4v) is 5.46. The lowest BCUT2D eigenvalue weighted by molar-refractivity contribution is 0.0674. The summed E-state index contributed by atoms with van der Waals surface area (Å²) in [6, 6.07) is 0.296. The standard InChI is InChI=1S/C15H37N3O3Si/c1-12(2)18(9-8-13(20)10-19)11-22(7,15(5,6)17)21-14(3,4)16/h12-13,19-20H,8-11,16-17H2,1-7H3. The van der Waals surface area contributed by atoms with E-state index < -0.39 is 25.3 Å². The Balaban J connectivity index is 5.14. The van der Waals surface area contributed by atoms with Crippen LogP contribution >= 0.6 is 0 Å². The fourth-order valence-electron chi connectivity index (χ4n) is 2.26. The largest absolute Gasteiger partial charge is 0.397 e. The summed E-state index contributed by atoms with van der Waals surface area (Å²) in [4.78, 5) is 2.26. The van der Waals surface area contributed by atoms with Crippen LogP contribution in [0.5, 0.6) is 0 Å². The molecule has 0 amide bonds. The van der Waals surface area contributed by atoms with Crippen LogP contribution in [0.25, 0.3) is 0 Å². The predicted molar refractivity (Wildman–Crippen MR) is 93.7 cm³/mol. The first kappa shape index (κ1) is 22.0. The third kappa shape index (κ3) is 7.50. The summed E-state index contributed by atoms with van der Waals surface area (Å²) < 4.78 is 6.24. The monoisotopic (exact) mass is 335 g/mol. The van der Waals surface area contributed by atoms with Crippen molar-refractivity contribution < 1.29 is 14.6 Å². The highest BCUT2D eigenvalue weighted by Gasteiger charge is 2.47. The van der Waals surface area contributed by atoms with Gasteiger partial charge in [-0.3, -0.25) is 0 Å². The van der Waals surface area contributed by atoms with Gasteiger partial charge < -0.3 is 31.0 Å². The first-order valence-corrected chi connectivity index (χ1v) is 10.6. The summed E-state index contributed by atoms with van der Waals surface area (Å²) >= 11 is 0. The molecule has 0 aromatic carbocycles. The molecule has 6 nitrogen and oxygen atoms in total. The number of nitrogens with zero attached hydrogens (tertiary/aromatic N) is 1. The highest BCUT2D eigenvalue weighted by Crippen LogP contribution is 2.25. The lowest BCUT2D eigenvalue weighted by Gasteiger charge is -2.46. The van der Waals surface area contributed by atoms with E-state index in [1.54, 1.807) is 0 Å². The molecule has 0 saturated carbocycles. The van der Waals surface area contributed by atoms with Gasteiger partial charge in [0.15, 0.2) is 0 Å². The minimum Gasteiger partial charge on any atom is -0.397 e. The van der Waals surface area contributed by atoms with E-state index in [-0.39, 0.29) is 6.61 Å². The highest BCUT2D eigenvalue weighted by atomic mass is 28.4. The van der Waals surface area contributed by atoms with Crippen LogP contribution in [0.15, 0.2) is 0 Å². The maximum Gasteiger partial charge on any atom is 0.224 e. The quantitative estimate of drug-likeness (QED) is 0.343. The Morgan fingerprint density at radius 1 is 1.18 bits per heavy atom. The molecule has 0 saturated heterocycles.